The van der Waals surface area contributed by atoms with Crippen LogP contribution in [0.2, 0.25) is 0 Å². The number of nitrogens with one attached hydrogen (secondary N) is 1. The van der Waals surface area contributed by atoms with Gasteiger partial charge in [-0.1, -0.05) is 35.0 Å². The number of methoxy groups -OCH3 is 3. The Bertz CT molecular complexity index is 1350. The summed E-state index contributed by atoms with van der Waals surface area (Å²) in [5, 5.41) is 19.4. The van der Waals surface area contributed by atoms with Crippen LogP contribution in [-0.4, -0.2) is 58.8 Å². The fourth-order valence-corrected chi connectivity index (χ4v) is 3.29. The zero-order chi connectivity index (χ0) is 24.9. The number of hydrogen-bond acceptors (Lipinski definition) is 11. The number of nitrogens with two attached hydrogens (primary N) is 1. The molecule has 3 N–H and O–H groups in total. The van der Waals surface area contributed by atoms with Crippen molar-refractivity contribution >= 4 is 17.9 Å². The zero-order valence-corrected chi connectivity index (χ0v) is 19.3. The van der Waals surface area contributed by atoms with Gasteiger partial charge in [0.05, 0.1) is 27.5 Å². The lowest BCUT2D eigenvalue weighted by Gasteiger charge is -2.12. The molecule has 0 aliphatic carbocycles. The third kappa shape index (κ3) is 4.59. The number of hydrogen-bond donors (Lipinski definition) is 2. The number of aryl methyl sites for hydroxylation is 1. The summed E-state index contributed by atoms with van der Waals surface area (Å²) in [6.07, 6.45) is 1.43. The highest BCUT2D eigenvalue weighted by atomic mass is 16.6. The van der Waals surface area contributed by atoms with Crippen molar-refractivity contribution in [1.82, 2.24) is 30.7 Å². The highest BCUT2D eigenvalue weighted by Crippen LogP contribution is 2.37. The van der Waals surface area contributed by atoms with Crippen LogP contribution in [0.5, 0.6) is 17.2 Å². The minimum Gasteiger partial charge on any atom is -0.493 e. The van der Waals surface area contributed by atoms with Crippen molar-refractivity contribution in [2.24, 2.45) is 5.10 Å². The molecule has 13 heteroatoms. The van der Waals surface area contributed by atoms with Crippen LogP contribution in [-0.2, 0) is 0 Å². The molecule has 0 spiro atoms. The van der Waals surface area contributed by atoms with E-state index in [1.165, 1.54) is 32.2 Å². The van der Waals surface area contributed by atoms with Gasteiger partial charge in [-0.3, -0.25) is 4.79 Å². The summed E-state index contributed by atoms with van der Waals surface area (Å²) in [4.78, 5) is 13.0. The van der Waals surface area contributed by atoms with E-state index in [2.05, 4.69) is 35.8 Å². The Kier molecular flexibility index (Phi) is 6.57. The first-order chi connectivity index (χ1) is 17.0. The van der Waals surface area contributed by atoms with Gasteiger partial charge in [0.2, 0.25) is 17.4 Å². The van der Waals surface area contributed by atoms with Crippen LogP contribution in [0.4, 0.5) is 5.82 Å². The van der Waals surface area contributed by atoms with Crippen LogP contribution in [0.1, 0.15) is 21.6 Å². The molecule has 35 heavy (non-hydrogen) atoms. The van der Waals surface area contributed by atoms with Crippen molar-refractivity contribution in [2.45, 2.75) is 6.92 Å². The number of carbonyl (C=O) groups excluding carboxylic acids is 1. The molecule has 2 aromatic heterocycles. The van der Waals surface area contributed by atoms with Gasteiger partial charge >= 0.3 is 0 Å². The predicted octanol–water partition coefficient (Wildman–Crippen LogP) is 2.00. The number of aromatic nitrogens is 5. The first kappa shape index (κ1) is 23.2. The molecule has 2 heterocycles. The number of ether oxygens (including phenoxy) is 3. The maximum Gasteiger partial charge on any atom is 0.294 e. The quantitative estimate of drug-likeness (QED) is 0.282. The topological polar surface area (TPSA) is 165 Å². The van der Waals surface area contributed by atoms with Crippen molar-refractivity contribution in [1.29, 1.82) is 0 Å². The number of nitrogens with zero attached hydrogens (tertiary/aromatic N) is 6. The third-order valence-corrected chi connectivity index (χ3v) is 4.97. The Hall–Kier alpha value is -4.94. The van der Waals surface area contributed by atoms with Gasteiger partial charge in [0.15, 0.2) is 17.2 Å². The molecule has 4 rings (SSSR count). The fraction of sp³-hybridized carbons (Fsp3) is 0.182. The standard InChI is InChI=1S/C22H22N8O5/c1-12-5-7-14(8-6-12)18-17(25-29-30(18)21-20(23)27-35-28-21)22(31)26-24-11-13-9-15(32-2)19(34-4)16(10-13)33-3/h5-11H,1-4H3,(H2,23,27)(H,26,31). The van der Waals surface area contributed by atoms with Gasteiger partial charge < -0.3 is 19.9 Å². The lowest BCUT2D eigenvalue weighted by atomic mass is 10.1. The van der Waals surface area contributed by atoms with E-state index in [1.54, 1.807) is 12.1 Å². The lowest BCUT2D eigenvalue weighted by molar-refractivity contribution is 0.0950. The van der Waals surface area contributed by atoms with Crippen LogP contribution in [0.15, 0.2) is 46.1 Å². The Morgan fingerprint density at radius 2 is 1.77 bits per heavy atom. The first-order valence-corrected chi connectivity index (χ1v) is 10.2. The average molecular weight is 478 g/mol. The maximum absolute atomic E-state index is 13.0. The molecule has 0 atom stereocenters. The summed E-state index contributed by atoms with van der Waals surface area (Å²) >= 11 is 0. The van der Waals surface area contributed by atoms with Gasteiger partial charge in [0, 0.05) is 11.1 Å². The number of anilines is 1. The fourth-order valence-electron chi connectivity index (χ4n) is 3.29. The molecule has 0 fully saturated rings. The van der Waals surface area contributed by atoms with Crippen LogP contribution in [0.25, 0.3) is 17.1 Å². The van der Waals surface area contributed by atoms with E-state index in [1.807, 2.05) is 31.2 Å². The molecule has 0 bridgehead atoms. The molecular weight excluding hydrogens is 456 g/mol. The number of amides is 1. The van der Waals surface area contributed by atoms with Crippen LogP contribution in [0, 0.1) is 6.92 Å². The van der Waals surface area contributed by atoms with Gasteiger partial charge in [-0.25, -0.2) is 10.1 Å². The number of nitrogen functional groups attached to an aromatic ring is 1. The third-order valence-electron chi connectivity index (χ3n) is 4.97. The molecule has 4 aromatic rings. The minimum absolute atomic E-state index is 0.00158. The Labute approximate surface area is 199 Å². The summed E-state index contributed by atoms with van der Waals surface area (Å²) in [5.74, 6) is 0.831. The van der Waals surface area contributed by atoms with E-state index in [0.29, 0.717) is 34.1 Å². The number of rotatable bonds is 8. The highest BCUT2D eigenvalue weighted by molar-refractivity contribution is 5.99. The monoisotopic (exact) mass is 478 g/mol. The van der Waals surface area contributed by atoms with Crippen molar-refractivity contribution in [3.8, 4) is 34.3 Å². The number of hydrazone groups is 1. The zero-order valence-electron chi connectivity index (χ0n) is 19.3. The Morgan fingerprint density at radius 1 is 1.09 bits per heavy atom. The van der Waals surface area contributed by atoms with Gasteiger partial charge in [0.25, 0.3) is 5.91 Å². The van der Waals surface area contributed by atoms with E-state index in [-0.39, 0.29) is 17.3 Å². The maximum atomic E-state index is 13.0. The summed E-state index contributed by atoms with van der Waals surface area (Å²) in [6, 6.07) is 10.8. The second-order valence-corrected chi connectivity index (χ2v) is 7.20. The van der Waals surface area contributed by atoms with Crippen molar-refractivity contribution in [3.63, 3.8) is 0 Å². The van der Waals surface area contributed by atoms with Gasteiger partial charge in [-0.15, -0.1) is 5.10 Å². The van der Waals surface area contributed by atoms with Crippen molar-refractivity contribution in [2.75, 3.05) is 27.1 Å². The molecule has 0 saturated carbocycles. The van der Waals surface area contributed by atoms with Gasteiger partial charge in [-0.05, 0) is 29.4 Å². The van der Waals surface area contributed by atoms with Crippen LogP contribution >= 0.6 is 0 Å². The summed E-state index contributed by atoms with van der Waals surface area (Å²) in [6.45, 7) is 1.95. The number of carbonyl (C=O) groups is 1. The molecule has 0 aliphatic heterocycles. The van der Waals surface area contributed by atoms with E-state index >= 15 is 0 Å². The largest absolute Gasteiger partial charge is 0.493 e. The smallest absolute Gasteiger partial charge is 0.294 e. The molecule has 13 nitrogen and oxygen atoms in total. The highest BCUT2D eigenvalue weighted by Gasteiger charge is 2.25. The van der Waals surface area contributed by atoms with E-state index in [9.17, 15) is 4.79 Å². The van der Waals surface area contributed by atoms with Gasteiger partial charge in [-0.2, -0.15) is 9.78 Å². The average Bonchev–Trinajstić information content (AvgIpc) is 3.49. The Balaban J connectivity index is 1.65. The van der Waals surface area contributed by atoms with Crippen LogP contribution < -0.4 is 25.4 Å². The number of benzene rings is 2. The van der Waals surface area contributed by atoms with E-state index in [4.69, 9.17) is 19.9 Å². The molecule has 0 aliphatic rings. The lowest BCUT2D eigenvalue weighted by Crippen LogP contribution is -2.19. The second-order valence-electron chi connectivity index (χ2n) is 7.20. The van der Waals surface area contributed by atoms with Crippen molar-refractivity contribution < 1.29 is 23.6 Å². The predicted molar refractivity (Wildman–Crippen MR) is 125 cm³/mol. The molecule has 0 unspecified atom stereocenters. The summed E-state index contributed by atoms with van der Waals surface area (Å²) in [5.41, 5.74) is 10.9. The molecule has 0 radical (unpaired) electrons. The molecule has 0 saturated heterocycles. The summed E-state index contributed by atoms with van der Waals surface area (Å²) in [7, 11) is 4.52. The second kappa shape index (κ2) is 9.91. The molecule has 2 aromatic carbocycles. The Morgan fingerprint density at radius 3 is 2.34 bits per heavy atom. The molecule has 180 valence electrons. The van der Waals surface area contributed by atoms with Crippen LogP contribution in [0.3, 0.4) is 0 Å². The van der Waals surface area contributed by atoms with E-state index in [0.717, 1.165) is 5.56 Å². The van der Waals surface area contributed by atoms with E-state index < -0.39 is 5.91 Å². The first-order valence-electron chi connectivity index (χ1n) is 10.2. The SMILES string of the molecule is COc1cc(C=NNC(=O)c2nnn(-c3nonc3N)c2-c2ccc(C)cc2)cc(OC)c1OC. The minimum atomic E-state index is -0.606. The molecule has 1 amide bonds. The normalized spacial score (nSPS) is 11.0. The summed E-state index contributed by atoms with van der Waals surface area (Å²) < 4.78 is 21.9. The van der Waals surface area contributed by atoms with Gasteiger partial charge in [0.1, 0.15) is 5.69 Å². The van der Waals surface area contributed by atoms with Crippen molar-refractivity contribution in [3.05, 3.63) is 53.2 Å². The molecular formula is C22H22N8O5.